The fraction of sp³-hybridized carbons (Fsp3) is 0.619. The molecule has 2 amide bonds. The molecule has 0 spiro atoms. The van der Waals surface area contributed by atoms with Crippen molar-refractivity contribution in [3.05, 3.63) is 29.8 Å². The first-order valence-electron chi connectivity index (χ1n) is 10.2. The number of nitrogens with one attached hydrogen (secondary N) is 3. The zero-order valence-corrected chi connectivity index (χ0v) is 17.7. The second-order valence-corrected chi connectivity index (χ2v) is 7.88. The number of piperidine rings is 1. The minimum Gasteiger partial charge on any atom is -0.354 e. The van der Waals surface area contributed by atoms with Crippen LogP contribution in [0.5, 0.6) is 0 Å². The first kappa shape index (κ1) is 22.7. The summed E-state index contributed by atoms with van der Waals surface area (Å²) in [5.74, 6) is 0.553. The quantitative estimate of drug-likeness (QED) is 0.675. The average molecular weight is 409 g/mol. The van der Waals surface area contributed by atoms with Gasteiger partial charge >= 0.3 is 0 Å². The van der Waals surface area contributed by atoms with Crippen LogP contribution in [-0.2, 0) is 9.59 Å². The van der Waals surface area contributed by atoms with Gasteiger partial charge in [-0.3, -0.25) is 14.5 Å². The molecule has 0 aromatic heterocycles. The van der Waals surface area contributed by atoms with Gasteiger partial charge in [0.2, 0.25) is 11.8 Å². The Hall–Kier alpha value is -1.63. The smallest absolute Gasteiger partial charge is 0.241 e. The lowest BCUT2D eigenvalue weighted by atomic mass is 9.96. The molecule has 7 heteroatoms. The van der Waals surface area contributed by atoms with Crippen LogP contribution < -0.4 is 16.0 Å². The average Bonchev–Trinajstić information content (AvgIpc) is 3.22. The van der Waals surface area contributed by atoms with E-state index >= 15 is 0 Å². The highest BCUT2D eigenvalue weighted by atomic mass is 35.5. The van der Waals surface area contributed by atoms with Gasteiger partial charge in [0.15, 0.2) is 0 Å². The number of carbonyl (C=O) groups is 2. The number of carbonyl (C=O) groups excluding carboxylic acids is 2. The Morgan fingerprint density at radius 1 is 1.25 bits per heavy atom. The molecule has 0 bridgehead atoms. The van der Waals surface area contributed by atoms with E-state index in [0.29, 0.717) is 12.5 Å². The predicted octanol–water partition coefficient (Wildman–Crippen LogP) is 2.32. The van der Waals surface area contributed by atoms with Crippen LogP contribution >= 0.6 is 12.4 Å². The van der Waals surface area contributed by atoms with E-state index in [1.807, 2.05) is 38.1 Å². The second kappa shape index (κ2) is 10.8. The molecule has 2 saturated heterocycles. The molecule has 2 heterocycles. The molecule has 0 radical (unpaired) electrons. The fourth-order valence-electron chi connectivity index (χ4n) is 4.01. The molecule has 3 unspecified atom stereocenters. The monoisotopic (exact) mass is 408 g/mol. The maximum absolute atomic E-state index is 12.7. The van der Waals surface area contributed by atoms with E-state index in [-0.39, 0.29) is 36.3 Å². The summed E-state index contributed by atoms with van der Waals surface area (Å²) in [5, 5.41) is 9.39. The lowest BCUT2D eigenvalue weighted by molar-refractivity contribution is -0.124. The number of rotatable bonds is 6. The Bertz CT molecular complexity index is 664. The van der Waals surface area contributed by atoms with Gasteiger partial charge in [-0.05, 0) is 70.2 Å². The maximum atomic E-state index is 12.7. The number of halogens is 1. The number of likely N-dealkylation sites (tertiary alicyclic amines) is 1. The third kappa shape index (κ3) is 5.93. The number of para-hydroxylation sites is 1. The maximum Gasteiger partial charge on any atom is 0.241 e. The summed E-state index contributed by atoms with van der Waals surface area (Å²) < 4.78 is 0. The molecule has 6 nitrogen and oxygen atoms in total. The molecule has 28 heavy (non-hydrogen) atoms. The number of benzene rings is 1. The van der Waals surface area contributed by atoms with Gasteiger partial charge < -0.3 is 16.0 Å². The molecule has 2 fully saturated rings. The molecule has 1 aromatic rings. The molecule has 3 N–H and O–H groups in total. The zero-order valence-electron chi connectivity index (χ0n) is 16.9. The molecule has 156 valence electrons. The second-order valence-electron chi connectivity index (χ2n) is 7.88. The number of amides is 2. The van der Waals surface area contributed by atoms with Crippen LogP contribution in [-0.4, -0.2) is 55.0 Å². The van der Waals surface area contributed by atoms with E-state index in [9.17, 15) is 9.59 Å². The van der Waals surface area contributed by atoms with Gasteiger partial charge in [-0.25, -0.2) is 0 Å². The van der Waals surface area contributed by atoms with Crippen molar-refractivity contribution in [2.24, 2.45) is 5.92 Å². The van der Waals surface area contributed by atoms with Crippen molar-refractivity contribution in [3.63, 3.8) is 0 Å². The minimum atomic E-state index is -0.181. The number of aryl methyl sites for hydroxylation is 1. The standard InChI is InChI=1S/C21H32N4O2.ClH/c1-15-7-3-4-9-18(15)24-20(26)16(2)25-12-6-8-17(14-25)13-23-21(27)19-10-5-11-22-19;/h3-4,7,9,16-17,19,22H,5-6,8,10-14H2,1-2H3,(H,23,27)(H,24,26);1H. The molecule has 3 atom stereocenters. The summed E-state index contributed by atoms with van der Waals surface area (Å²) in [4.78, 5) is 27.1. The highest BCUT2D eigenvalue weighted by Gasteiger charge is 2.29. The largest absolute Gasteiger partial charge is 0.354 e. The normalized spacial score (nSPS) is 23.5. The highest BCUT2D eigenvalue weighted by molar-refractivity contribution is 5.95. The lowest BCUT2D eigenvalue weighted by Gasteiger charge is -2.36. The molecule has 2 aliphatic rings. The zero-order chi connectivity index (χ0) is 19.2. The van der Waals surface area contributed by atoms with Crippen molar-refractivity contribution in [1.82, 2.24) is 15.5 Å². The molecule has 1 aromatic carbocycles. The van der Waals surface area contributed by atoms with E-state index in [1.165, 1.54) is 0 Å². The summed E-state index contributed by atoms with van der Waals surface area (Å²) >= 11 is 0. The summed E-state index contributed by atoms with van der Waals surface area (Å²) in [7, 11) is 0. The Kier molecular flexibility index (Phi) is 8.73. The van der Waals surface area contributed by atoms with Gasteiger partial charge in [-0.1, -0.05) is 18.2 Å². The predicted molar refractivity (Wildman–Crippen MR) is 115 cm³/mol. The van der Waals surface area contributed by atoms with Gasteiger partial charge in [0.1, 0.15) is 0 Å². The van der Waals surface area contributed by atoms with E-state index in [1.54, 1.807) is 0 Å². The summed E-state index contributed by atoms with van der Waals surface area (Å²) in [5.41, 5.74) is 1.94. The first-order chi connectivity index (χ1) is 13.0. The molecular formula is C21H33ClN4O2. The summed E-state index contributed by atoms with van der Waals surface area (Å²) in [6.45, 7) is 7.37. The lowest BCUT2D eigenvalue weighted by Crippen LogP contribution is -2.50. The van der Waals surface area contributed by atoms with Crippen LogP contribution in [0.25, 0.3) is 0 Å². The number of hydrogen-bond donors (Lipinski definition) is 3. The molecule has 0 aliphatic carbocycles. The van der Waals surface area contributed by atoms with Crippen LogP contribution in [0.2, 0.25) is 0 Å². The van der Waals surface area contributed by atoms with Crippen LogP contribution in [0.15, 0.2) is 24.3 Å². The van der Waals surface area contributed by atoms with Crippen molar-refractivity contribution in [2.75, 3.05) is 31.5 Å². The highest BCUT2D eigenvalue weighted by Crippen LogP contribution is 2.20. The minimum absolute atomic E-state index is 0. The Morgan fingerprint density at radius 2 is 2.04 bits per heavy atom. The Labute approximate surface area is 174 Å². The third-order valence-corrected chi connectivity index (χ3v) is 5.82. The topological polar surface area (TPSA) is 73.5 Å². The Balaban J connectivity index is 0.00000280. The van der Waals surface area contributed by atoms with E-state index < -0.39 is 0 Å². The van der Waals surface area contributed by atoms with Crippen molar-refractivity contribution in [1.29, 1.82) is 0 Å². The van der Waals surface area contributed by atoms with Crippen molar-refractivity contribution < 1.29 is 9.59 Å². The van der Waals surface area contributed by atoms with E-state index in [0.717, 1.165) is 56.6 Å². The van der Waals surface area contributed by atoms with Gasteiger partial charge in [0.05, 0.1) is 12.1 Å². The van der Waals surface area contributed by atoms with Crippen molar-refractivity contribution in [2.45, 2.75) is 51.6 Å². The summed E-state index contributed by atoms with van der Waals surface area (Å²) in [6, 6.07) is 7.64. The van der Waals surface area contributed by atoms with Crippen LogP contribution in [0.4, 0.5) is 5.69 Å². The van der Waals surface area contributed by atoms with E-state index in [2.05, 4.69) is 20.9 Å². The van der Waals surface area contributed by atoms with Gasteiger partial charge in [-0.2, -0.15) is 0 Å². The first-order valence-corrected chi connectivity index (χ1v) is 10.2. The van der Waals surface area contributed by atoms with Crippen LogP contribution in [0, 0.1) is 12.8 Å². The van der Waals surface area contributed by atoms with Crippen molar-refractivity contribution >= 4 is 29.9 Å². The summed E-state index contributed by atoms with van der Waals surface area (Å²) in [6.07, 6.45) is 4.16. The van der Waals surface area contributed by atoms with E-state index in [4.69, 9.17) is 0 Å². The SMILES string of the molecule is Cc1ccccc1NC(=O)C(C)N1CCCC(CNC(=O)C2CCCN2)C1.Cl. The van der Waals surface area contributed by atoms with Crippen LogP contribution in [0.3, 0.4) is 0 Å². The van der Waals surface area contributed by atoms with Crippen LogP contribution in [0.1, 0.15) is 38.2 Å². The third-order valence-electron chi connectivity index (χ3n) is 5.82. The molecule has 2 aliphatic heterocycles. The Morgan fingerprint density at radius 3 is 2.75 bits per heavy atom. The fourth-order valence-corrected chi connectivity index (χ4v) is 4.01. The molecule has 3 rings (SSSR count). The number of anilines is 1. The number of nitrogens with zero attached hydrogens (tertiary/aromatic N) is 1. The van der Waals surface area contributed by atoms with Gasteiger partial charge in [0.25, 0.3) is 0 Å². The molecule has 0 saturated carbocycles. The van der Waals surface area contributed by atoms with Crippen molar-refractivity contribution in [3.8, 4) is 0 Å². The van der Waals surface area contributed by atoms with Gasteiger partial charge in [0, 0.05) is 18.8 Å². The molecular weight excluding hydrogens is 376 g/mol. The van der Waals surface area contributed by atoms with Gasteiger partial charge in [-0.15, -0.1) is 12.4 Å². The number of hydrogen-bond acceptors (Lipinski definition) is 4.